The van der Waals surface area contributed by atoms with Gasteiger partial charge in [0.15, 0.2) is 0 Å². The summed E-state index contributed by atoms with van der Waals surface area (Å²) in [7, 11) is 4.23. The molecular weight excluding hydrogens is 188 g/mol. The first kappa shape index (κ1) is 12.1. The second-order valence-electron chi connectivity index (χ2n) is 3.90. The van der Waals surface area contributed by atoms with E-state index in [4.69, 9.17) is 0 Å². The number of nitrogens with zero attached hydrogens (tertiary/aromatic N) is 3. The summed E-state index contributed by atoms with van der Waals surface area (Å²) in [6.07, 6.45) is 6.40. The molecule has 0 aromatic carbocycles. The topological polar surface area (TPSA) is 41.1 Å². The Morgan fingerprint density at radius 1 is 1.33 bits per heavy atom. The van der Waals surface area contributed by atoms with Gasteiger partial charge in [-0.25, -0.2) is 9.97 Å². The molecular formula is C11H20N4. The van der Waals surface area contributed by atoms with Gasteiger partial charge in [0.05, 0.1) is 0 Å². The third-order valence-corrected chi connectivity index (χ3v) is 2.52. The van der Waals surface area contributed by atoms with Crippen LogP contribution >= 0.6 is 0 Å². The molecule has 0 spiro atoms. The Labute approximate surface area is 91.7 Å². The predicted octanol–water partition coefficient (Wildman–Crippen LogP) is 0.906. The highest BCUT2D eigenvalue weighted by Gasteiger charge is 2.07. The minimum atomic E-state index is 0.592. The summed E-state index contributed by atoms with van der Waals surface area (Å²) < 4.78 is 0. The van der Waals surface area contributed by atoms with E-state index < -0.39 is 0 Å². The van der Waals surface area contributed by atoms with E-state index >= 15 is 0 Å². The summed E-state index contributed by atoms with van der Waals surface area (Å²) in [5.41, 5.74) is 1.13. The molecule has 1 heterocycles. The predicted molar refractivity (Wildman–Crippen MR) is 61.5 cm³/mol. The van der Waals surface area contributed by atoms with Crippen LogP contribution in [0, 0.1) is 0 Å². The van der Waals surface area contributed by atoms with Crippen molar-refractivity contribution in [2.45, 2.75) is 25.9 Å². The van der Waals surface area contributed by atoms with Crippen LogP contribution in [0.1, 0.15) is 18.9 Å². The first-order valence-corrected chi connectivity index (χ1v) is 5.35. The van der Waals surface area contributed by atoms with Gasteiger partial charge >= 0.3 is 0 Å². The van der Waals surface area contributed by atoms with Crippen LogP contribution in [0.5, 0.6) is 0 Å². The zero-order chi connectivity index (χ0) is 11.1. The van der Waals surface area contributed by atoms with Gasteiger partial charge in [0.25, 0.3) is 0 Å². The second kappa shape index (κ2) is 6.48. The molecule has 1 unspecified atom stereocenters. The fraction of sp³-hybridized carbons (Fsp3) is 0.636. The number of hydrogen-bond donors (Lipinski definition) is 1. The normalized spacial score (nSPS) is 13.1. The molecule has 0 aliphatic heterocycles. The summed E-state index contributed by atoms with van der Waals surface area (Å²) in [4.78, 5) is 10.2. The monoisotopic (exact) mass is 208 g/mol. The van der Waals surface area contributed by atoms with Crippen LogP contribution in [0.15, 0.2) is 18.7 Å². The summed E-state index contributed by atoms with van der Waals surface area (Å²) in [6, 6.07) is 0.592. The SMILES string of the molecule is CCC(CNCc1cncnc1)N(C)C. The minimum absolute atomic E-state index is 0.592. The van der Waals surface area contributed by atoms with Gasteiger partial charge in [0.2, 0.25) is 0 Å². The van der Waals surface area contributed by atoms with E-state index in [0.717, 1.165) is 25.1 Å². The maximum Gasteiger partial charge on any atom is 0.115 e. The van der Waals surface area contributed by atoms with Crippen LogP contribution in [0.4, 0.5) is 0 Å². The fourth-order valence-corrected chi connectivity index (χ4v) is 1.50. The second-order valence-corrected chi connectivity index (χ2v) is 3.90. The van der Waals surface area contributed by atoms with Crippen molar-refractivity contribution in [2.24, 2.45) is 0 Å². The zero-order valence-corrected chi connectivity index (χ0v) is 9.77. The van der Waals surface area contributed by atoms with Crippen LogP contribution in [0.2, 0.25) is 0 Å². The fourth-order valence-electron chi connectivity index (χ4n) is 1.50. The van der Waals surface area contributed by atoms with Crippen molar-refractivity contribution in [1.82, 2.24) is 20.2 Å². The molecule has 0 amide bonds. The molecule has 0 bridgehead atoms. The average molecular weight is 208 g/mol. The van der Waals surface area contributed by atoms with Crippen molar-refractivity contribution < 1.29 is 0 Å². The number of likely N-dealkylation sites (N-methyl/N-ethyl adjacent to an activating group) is 1. The van der Waals surface area contributed by atoms with Crippen LogP contribution in [-0.4, -0.2) is 41.5 Å². The van der Waals surface area contributed by atoms with Crippen molar-refractivity contribution in [1.29, 1.82) is 0 Å². The molecule has 1 aromatic heterocycles. The van der Waals surface area contributed by atoms with E-state index in [-0.39, 0.29) is 0 Å². The molecule has 1 atom stereocenters. The molecule has 1 N–H and O–H groups in total. The van der Waals surface area contributed by atoms with Crippen molar-refractivity contribution >= 4 is 0 Å². The third kappa shape index (κ3) is 4.36. The number of hydrogen-bond acceptors (Lipinski definition) is 4. The van der Waals surface area contributed by atoms with Crippen molar-refractivity contribution in [3.8, 4) is 0 Å². The number of nitrogens with one attached hydrogen (secondary N) is 1. The van der Waals surface area contributed by atoms with Crippen molar-refractivity contribution in [3.05, 3.63) is 24.3 Å². The molecule has 1 aromatic rings. The molecule has 1 rings (SSSR count). The summed E-state index contributed by atoms with van der Waals surface area (Å²) in [5, 5.41) is 3.41. The van der Waals surface area contributed by atoms with Gasteiger partial charge in [-0.1, -0.05) is 6.92 Å². The van der Waals surface area contributed by atoms with Gasteiger partial charge in [0.1, 0.15) is 6.33 Å². The van der Waals surface area contributed by atoms with E-state index in [0.29, 0.717) is 6.04 Å². The Balaban J connectivity index is 2.27. The Morgan fingerprint density at radius 2 is 2.00 bits per heavy atom. The lowest BCUT2D eigenvalue weighted by Crippen LogP contribution is -2.37. The Morgan fingerprint density at radius 3 is 2.53 bits per heavy atom. The van der Waals surface area contributed by atoms with Gasteiger partial charge in [-0.05, 0) is 20.5 Å². The summed E-state index contributed by atoms with van der Waals surface area (Å²) in [6.45, 7) is 4.04. The smallest absolute Gasteiger partial charge is 0.115 e. The molecule has 0 saturated carbocycles. The maximum atomic E-state index is 3.98. The molecule has 0 aliphatic rings. The quantitative estimate of drug-likeness (QED) is 0.754. The van der Waals surface area contributed by atoms with Gasteiger partial charge in [0, 0.05) is 37.1 Å². The van der Waals surface area contributed by atoms with Crippen LogP contribution in [0.25, 0.3) is 0 Å². The zero-order valence-electron chi connectivity index (χ0n) is 9.77. The van der Waals surface area contributed by atoms with E-state index in [1.54, 1.807) is 6.33 Å². The first-order chi connectivity index (χ1) is 7.24. The lowest BCUT2D eigenvalue weighted by molar-refractivity contribution is 0.276. The maximum absolute atomic E-state index is 3.98. The molecule has 0 saturated heterocycles. The van der Waals surface area contributed by atoms with E-state index in [1.165, 1.54) is 0 Å². The summed E-state index contributed by atoms with van der Waals surface area (Å²) >= 11 is 0. The van der Waals surface area contributed by atoms with Gasteiger partial charge in [-0.3, -0.25) is 0 Å². The number of rotatable bonds is 6. The van der Waals surface area contributed by atoms with Gasteiger partial charge in [-0.2, -0.15) is 0 Å². The molecule has 84 valence electrons. The third-order valence-electron chi connectivity index (χ3n) is 2.52. The Bertz CT molecular complexity index is 261. The highest BCUT2D eigenvalue weighted by atomic mass is 15.1. The van der Waals surface area contributed by atoms with E-state index in [2.05, 4.69) is 41.2 Å². The van der Waals surface area contributed by atoms with Crippen LogP contribution in [0.3, 0.4) is 0 Å². The molecule has 4 nitrogen and oxygen atoms in total. The van der Waals surface area contributed by atoms with Crippen molar-refractivity contribution in [2.75, 3.05) is 20.6 Å². The van der Waals surface area contributed by atoms with Crippen LogP contribution in [-0.2, 0) is 6.54 Å². The minimum Gasteiger partial charge on any atom is -0.311 e. The Kier molecular flexibility index (Phi) is 5.21. The molecule has 0 fully saturated rings. The summed E-state index contributed by atoms with van der Waals surface area (Å²) in [5.74, 6) is 0. The molecule has 15 heavy (non-hydrogen) atoms. The molecule has 0 radical (unpaired) electrons. The first-order valence-electron chi connectivity index (χ1n) is 5.35. The average Bonchev–Trinajstić information content (AvgIpc) is 2.25. The van der Waals surface area contributed by atoms with E-state index in [9.17, 15) is 0 Å². The Hall–Kier alpha value is -1.00. The largest absolute Gasteiger partial charge is 0.311 e. The highest BCUT2D eigenvalue weighted by molar-refractivity contribution is 5.01. The number of aromatic nitrogens is 2. The molecule has 0 aliphatic carbocycles. The lowest BCUT2D eigenvalue weighted by atomic mass is 10.2. The highest BCUT2D eigenvalue weighted by Crippen LogP contribution is 1.98. The van der Waals surface area contributed by atoms with Crippen LogP contribution < -0.4 is 5.32 Å². The van der Waals surface area contributed by atoms with E-state index in [1.807, 2.05) is 12.4 Å². The van der Waals surface area contributed by atoms with Gasteiger partial charge in [-0.15, -0.1) is 0 Å². The standard InChI is InChI=1S/C11H20N4/c1-4-11(15(2)3)8-12-5-10-6-13-9-14-7-10/h6-7,9,11-12H,4-5,8H2,1-3H3. The lowest BCUT2D eigenvalue weighted by Gasteiger charge is -2.23. The molecule has 4 heteroatoms. The van der Waals surface area contributed by atoms with Gasteiger partial charge < -0.3 is 10.2 Å². The van der Waals surface area contributed by atoms with Crippen molar-refractivity contribution in [3.63, 3.8) is 0 Å².